The minimum Gasteiger partial charge on any atom is -0.481 e. The number of nitrogens with zero attached hydrogens (tertiary/aromatic N) is 1. The maximum Gasteiger partial charge on any atom is 0.305 e. The number of aliphatic hydroxyl groups excluding tert-OH is 1. The van der Waals surface area contributed by atoms with Crippen molar-refractivity contribution in [1.82, 2.24) is 4.98 Å². The van der Waals surface area contributed by atoms with Crippen molar-refractivity contribution in [3.8, 4) is 12.3 Å². The Labute approximate surface area is 313 Å². The van der Waals surface area contributed by atoms with Crippen molar-refractivity contribution in [2.45, 2.75) is 169 Å². The molecule has 0 unspecified atom stereocenters. The van der Waals surface area contributed by atoms with Crippen LogP contribution in [0.3, 0.4) is 0 Å². The molecule has 1 aromatic heterocycles. The number of carbonyl (C=O) groups excluding carboxylic acids is 1. The molecule has 0 aliphatic carbocycles. The molecule has 0 aliphatic rings. The van der Waals surface area contributed by atoms with Gasteiger partial charge < -0.3 is 19.1 Å². The second-order valence-corrected chi connectivity index (χ2v) is 27.7. The number of aliphatic hydroxyl groups is 1. The van der Waals surface area contributed by atoms with E-state index in [1.165, 1.54) is 5.57 Å². The number of allylic oxidation sites excluding steroid dienone is 1. The van der Waals surface area contributed by atoms with Crippen LogP contribution < -0.4 is 0 Å². The molecule has 0 aliphatic heterocycles. The highest BCUT2D eigenvalue weighted by atomic mass is 28.4. The van der Waals surface area contributed by atoms with Crippen molar-refractivity contribution < 1.29 is 28.7 Å². The zero-order valence-corrected chi connectivity index (χ0v) is 36.6. The molecule has 5 atom stereocenters. The smallest absolute Gasteiger partial charge is 0.305 e. The van der Waals surface area contributed by atoms with Crippen molar-refractivity contribution in [3.63, 3.8) is 0 Å². The van der Waals surface area contributed by atoms with Crippen LogP contribution in [-0.4, -0.2) is 61.9 Å². The van der Waals surface area contributed by atoms with Crippen LogP contribution in [0.5, 0.6) is 0 Å². The minimum atomic E-state index is -2.43. The molecule has 0 fully saturated rings. The summed E-state index contributed by atoms with van der Waals surface area (Å²) >= 11 is 0. The predicted molar refractivity (Wildman–Crippen MR) is 217 cm³/mol. The zero-order chi connectivity index (χ0) is 39.6. The largest absolute Gasteiger partial charge is 0.481 e. The lowest BCUT2D eigenvalue weighted by Gasteiger charge is -2.46. The van der Waals surface area contributed by atoms with Crippen molar-refractivity contribution in [2.75, 3.05) is 0 Å². The fraction of sp³-hybridized carbons (Fsp3) is 0.690. The van der Waals surface area contributed by atoms with E-state index in [4.69, 9.17) is 15.3 Å². The Kier molecular flexibility index (Phi) is 17.5. The summed E-state index contributed by atoms with van der Waals surface area (Å²) in [5, 5.41) is 20.5. The normalized spacial score (nSPS) is 16.9. The van der Waals surface area contributed by atoms with E-state index >= 15 is 0 Å². The van der Waals surface area contributed by atoms with Crippen molar-refractivity contribution in [2.24, 2.45) is 17.3 Å². The topological polar surface area (TPSA) is 106 Å². The number of carbonyl (C=O) groups is 2. The summed E-state index contributed by atoms with van der Waals surface area (Å²) in [7, 11) is -4.79. The molecule has 51 heavy (non-hydrogen) atoms. The summed E-state index contributed by atoms with van der Waals surface area (Å²) in [5.74, 6) is 1.09. The average molecular weight is 742 g/mol. The number of carboxylic acids is 1. The standard InChI is InChI=1S/C42H71NO6Si2/c1-17-21-34(39(47)42(11,12)36(29-37(45)46)48-50(13,14)40(5,6)7)38(49-51(15,16)41(8,9)10)31(3)23-20-22-30(2)25-26-35(44)32(4)28-33-24-18-19-27-43-33/h1,18-19,24-25,27-28,31,34-36,38,44H,20-23,26,29H2,2-16H3,(H,45,46)/b30-25+,32-28+/t31-,34+,35-,36-,38-/m0/s1. The number of hydrogen-bond donors (Lipinski definition) is 2. The van der Waals surface area contributed by atoms with E-state index in [9.17, 15) is 19.8 Å². The zero-order valence-electron chi connectivity index (χ0n) is 34.6. The lowest BCUT2D eigenvalue weighted by molar-refractivity contribution is -0.146. The number of carboxylic acid groups (broad SMARTS) is 1. The molecular weight excluding hydrogens is 671 g/mol. The lowest BCUT2D eigenvalue weighted by Crippen LogP contribution is -2.55. The van der Waals surface area contributed by atoms with Gasteiger partial charge in [0, 0.05) is 18.0 Å². The minimum absolute atomic E-state index is 0.0124. The van der Waals surface area contributed by atoms with E-state index in [0.29, 0.717) is 6.42 Å². The molecule has 1 rings (SSSR count). The molecule has 0 saturated carbocycles. The van der Waals surface area contributed by atoms with Gasteiger partial charge in [-0.05, 0) is 105 Å². The van der Waals surface area contributed by atoms with E-state index < -0.39 is 52.2 Å². The third-order valence-electron chi connectivity index (χ3n) is 11.4. The first-order valence-electron chi connectivity index (χ1n) is 18.7. The van der Waals surface area contributed by atoms with Gasteiger partial charge in [0.1, 0.15) is 5.78 Å². The molecule has 288 valence electrons. The van der Waals surface area contributed by atoms with Gasteiger partial charge in [-0.2, -0.15) is 0 Å². The van der Waals surface area contributed by atoms with Gasteiger partial charge in [-0.25, -0.2) is 0 Å². The molecule has 0 aromatic carbocycles. The first kappa shape index (κ1) is 46.7. The van der Waals surface area contributed by atoms with E-state index in [1.807, 2.05) is 45.0 Å². The molecular formula is C42H71NO6Si2. The highest BCUT2D eigenvalue weighted by molar-refractivity contribution is 6.74. The molecule has 0 saturated heterocycles. The Hall–Kier alpha value is -2.36. The monoisotopic (exact) mass is 741 g/mol. The Bertz CT molecular complexity index is 1380. The third-order valence-corrected chi connectivity index (χ3v) is 20.4. The first-order chi connectivity index (χ1) is 23.2. The Morgan fingerprint density at radius 2 is 1.55 bits per heavy atom. The third kappa shape index (κ3) is 14.2. The first-order valence-corrected chi connectivity index (χ1v) is 24.5. The maximum absolute atomic E-state index is 14.8. The van der Waals surface area contributed by atoms with E-state index in [-0.39, 0.29) is 34.6 Å². The fourth-order valence-corrected chi connectivity index (χ4v) is 8.50. The van der Waals surface area contributed by atoms with Crippen LogP contribution in [0.1, 0.15) is 120 Å². The van der Waals surface area contributed by atoms with Crippen molar-refractivity contribution >= 4 is 34.5 Å². The Balaban J connectivity index is 3.36. The SMILES string of the molecule is C#CC[C@@H](C(=O)C(C)(C)[C@H](CC(=O)O)O[Si](C)(C)C(C)(C)C)[C@@H](O[Si](C)(C)C(C)(C)C)[C@@H](C)CCC/C(C)=C/C[C@H](O)/C(C)=C/c1ccccn1. The summed E-state index contributed by atoms with van der Waals surface area (Å²) < 4.78 is 13.9. The molecule has 0 amide bonds. The molecule has 0 spiro atoms. The summed E-state index contributed by atoms with van der Waals surface area (Å²) in [6.07, 6.45) is 12.9. The number of rotatable bonds is 20. The number of ketones is 1. The van der Waals surface area contributed by atoms with Gasteiger partial charge in [0.25, 0.3) is 0 Å². The maximum atomic E-state index is 14.8. The van der Waals surface area contributed by atoms with Gasteiger partial charge in [-0.15, -0.1) is 12.3 Å². The summed E-state index contributed by atoms with van der Waals surface area (Å²) in [5.41, 5.74) is 1.77. The van der Waals surface area contributed by atoms with E-state index in [2.05, 4.69) is 98.6 Å². The van der Waals surface area contributed by atoms with Gasteiger partial charge in [0.05, 0.1) is 36.3 Å². The van der Waals surface area contributed by atoms with Gasteiger partial charge in [-0.1, -0.05) is 80.0 Å². The van der Waals surface area contributed by atoms with Gasteiger partial charge in [0.15, 0.2) is 16.6 Å². The second kappa shape index (κ2) is 19.1. The molecule has 1 aromatic rings. The van der Waals surface area contributed by atoms with Gasteiger partial charge in [0.2, 0.25) is 0 Å². The molecule has 0 radical (unpaired) electrons. The van der Waals surface area contributed by atoms with Crippen LogP contribution in [-0.2, 0) is 18.4 Å². The van der Waals surface area contributed by atoms with Gasteiger partial charge in [-0.3, -0.25) is 14.6 Å². The lowest BCUT2D eigenvalue weighted by atomic mass is 9.71. The fourth-order valence-electron chi connectivity index (χ4n) is 5.63. The van der Waals surface area contributed by atoms with E-state index in [0.717, 1.165) is 30.5 Å². The van der Waals surface area contributed by atoms with Crippen molar-refractivity contribution in [3.05, 3.63) is 47.3 Å². The van der Waals surface area contributed by atoms with Crippen molar-refractivity contribution in [1.29, 1.82) is 0 Å². The number of pyridine rings is 1. The molecule has 7 nitrogen and oxygen atoms in total. The van der Waals surface area contributed by atoms with Crippen LogP contribution in [0.2, 0.25) is 36.3 Å². The molecule has 1 heterocycles. The quantitative estimate of drug-likeness (QED) is 0.0778. The number of aromatic nitrogens is 1. The van der Waals surface area contributed by atoms with Crippen LogP contribution in [0.4, 0.5) is 0 Å². The predicted octanol–water partition coefficient (Wildman–Crippen LogP) is 10.5. The average Bonchev–Trinajstić information content (AvgIpc) is 2.99. The Morgan fingerprint density at radius 3 is 2.04 bits per heavy atom. The van der Waals surface area contributed by atoms with Crippen LogP contribution in [0.15, 0.2) is 41.6 Å². The molecule has 0 bridgehead atoms. The summed E-state index contributed by atoms with van der Waals surface area (Å²) in [6, 6.07) is 5.72. The summed E-state index contributed by atoms with van der Waals surface area (Å²) in [4.78, 5) is 31.3. The van der Waals surface area contributed by atoms with Crippen LogP contribution >= 0.6 is 0 Å². The van der Waals surface area contributed by atoms with Crippen LogP contribution in [0, 0.1) is 29.6 Å². The van der Waals surface area contributed by atoms with Crippen LogP contribution in [0.25, 0.3) is 6.08 Å². The number of Topliss-reactive ketones (excluding diaryl/α,β-unsaturated/α-hetero) is 1. The Morgan fingerprint density at radius 1 is 0.980 bits per heavy atom. The van der Waals surface area contributed by atoms with E-state index in [1.54, 1.807) is 6.20 Å². The molecule has 2 N–H and O–H groups in total. The number of terminal acetylenes is 1. The number of aliphatic carboxylic acids is 1. The van der Waals surface area contributed by atoms with Gasteiger partial charge >= 0.3 is 5.97 Å². The highest BCUT2D eigenvalue weighted by Crippen LogP contribution is 2.44. The highest BCUT2D eigenvalue weighted by Gasteiger charge is 2.50. The number of hydrogen-bond acceptors (Lipinski definition) is 6. The summed E-state index contributed by atoms with van der Waals surface area (Å²) in [6.45, 7) is 31.3. The second-order valence-electron chi connectivity index (χ2n) is 18.2. The molecule has 9 heteroatoms.